The molecular formula is C21H21Cl2O3PRu. The van der Waals surface area contributed by atoms with Crippen molar-refractivity contribution < 1.29 is 33.7 Å². The summed E-state index contributed by atoms with van der Waals surface area (Å²) >= 11 is 14.9. The summed E-state index contributed by atoms with van der Waals surface area (Å²) in [5, 5.41) is -1.21. The Hall–Kier alpha value is -1.31. The van der Waals surface area contributed by atoms with Gasteiger partial charge in [0.15, 0.2) is 0 Å². The second-order valence-electron chi connectivity index (χ2n) is 6.00. The number of rotatable bonds is 6. The van der Waals surface area contributed by atoms with Gasteiger partial charge in [-0.05, 0) is 0 Å². The predicted octanol–water partition coefficient (Wildman–Crippen LogP) is 4.85. The van der Waals surface area contributed by atoms with E-state index in [2.05, 4.69) is 0 Å². The molecule has 0 N–H and O–H groups in total. The molecule has 0 radical (unpaired) electrons. The minimum Gasteiger partial charge on any atom is 0 e. The summed E-state index contributed by atoms with van der Waals surface area (Å²) in [5.74, 6) is 2.24. The van der Waals surface area contributed by atoms with Gasteiger partial charge in [-0.1, -0.05) is 0 Å². The molecule has 0 fully saturated rings. The van der Waals surface area contributed by atoms with E-state index in [1.165, 1.54) is 0 Å². The van der Waals surface area contributed by atoms with Gasteiger partial charge in [0.05, 0.1) is 0 Å². The van der Waals surface area contributed by atoms with Crippen LogP contribution in [0.1, 0.15) is 0 Å². The van der Waals surface area contributed by atoms with E-state index >= 15 is 0 Å². The molecule has 0 saturated carbocycles. The Morgan fingerprint density at radius 3 is 0.893 bits per heavy atom. The quantitative estimate of drug-likeness (QED) is 0.341. The minimum atomic E-state index is -3.71. The van der Waals surface area contributed by atoms with Crippen molar-refractivity contribution in [2.45, 2.75) is 0 Å². The first-order chi connectivity index (χ1) is 12.9. The summed E-state index contributed by atoms with van der Waals surface area (Å²) in [6.07, 6.45) is 0. The van der Waals surface area contributed by atoms with Crippen molar-refractivity contribution in [2.24, 2.45) is 0 Å². The Morgan fingerprint density at radius 2 is 0.714 bits per heavy atom. The molecule has 3 rings (SSSR count). The summed E-state index contributed by atoms with van der Waals surface area (Å²) in [6, 6.07) is 22.7. The van der Waals surface area contributed by atoms with Crippen LogP contribution in [0.25, 0.3) is 0 Å². The van der Waals surface area contributed by atoms with E-state index in [1.54, 1.807) is 21.3 Å². The molecule has 3 aromatic carbocycles. The first-order valence-electron chi connectivity index (χ1n) is 8.31. The molecule has 3 aromatic rings. The van der Waals surface area contributed by atoms with Crippen LogP contribution >= 0.6 is 27.8 Å². The summed E-state index contributed by atoms with van der Waals surface area (Å²) in [6.45, 7) is 0. The standard InChI is InChI=1S/C21H21Cl2O3P.Ru/c1-24-16-4-10-19(11-5-16)27(22,23,20-12-6-17(25-2)7-13-20)21-14-8-18(26-3)9-15-21;/h4-15H,1-3H3;. The van der Waals surface area contributed by atoms with Crippen LogP contribution in [0, 0.1) is 0 Å². The van der Waals surface area contributed by atoms with Crippen molar-refractivity contribution in [3.8, 4) is 17.2 Å². The molecule has 3 nitrogen and oxygen atoms in total. The maximum atomic E-state index is 7.43. The van der Waals surface area contributed by atoms with Crippen molar-refractivity contribution in [3.05, 3.63) is 72.8 Å². The van der Waals surface area contributed by atoms with Crippen LogP contribution in [0.4, 0.5) is 0 Å². The van der Waals surface area contributed by atoms with E-state index in [4.69, 9.17) is 36.7 Å². The van der Waals surface area contributed by atoms with Gasteiger partial charge in [0.1, 0.15) is 0 Å². The molecule has 0 aromatic heterocycles. The van der Waals surface area contributed by atoms with Gasteiger partial charge in [0, 0.05) is 19.5 Å². The van der Waals surface area contributed by atoms with Crippen molar-refractivity contribution in [1.82, 2.24) is 0 Å². The molecule has 0 aliphatic rings. The molecule has 28 heavy (non-hydrogen) atoms. The Bertz CT molecular complexity index is 791. The van der Waals surface area contributed by atoms with Gasteiger partial charge in [-0.15, -0.1) is 0 Å². The Balaban J connectivity index is 0.00000280. The number of hydrogen-bond donors (Lipinski definition) is 0. The molecule has 7 heteroatoms. The number of methoxy groups -OCH3 is 3. The van der Waals surface area contributed by atoms with Gasteiger partial charge in [0.25, 0.3) is 0 Å². The van der Waals surface area contributed by atoms with Crippen molar-refractivity contribution in [2.75, 3.05) is 21.3 Å². The van der Waals surface area contributed by atoms with Gasteiger partial charge in [-0.2, -0.15) is 0 Å². The Labute approximate surface area is 188 Å². The van der Waals surface area contributed by atoms with Crippen LogP contribution in [0.15, 0.2) is 72.8 Å². The molecule has 0 heterocycles. The molecule has 0 amide bonds. The van der Waals surface area contributed by atoms with Crippen LogP contribution in [0.2, 0.25) is 0 Å². The molecule has 0 spiro atoms. The zero-order valence-corrected chi connectivity index (χ0v) is 19.9. The number of hydrogen-bond acceptors (Lipinski definition) is 3. The van der Waals surface area contributed by atoms with E-state index in [-0.39, 0.29) is 19.5 Å². The molecular weight excluding hydrogens is 503 g/mol. The SMILES string of the molecule is COc1ccc(P(Cl)(Cl)(c2ccc(OC)cc2)c2ccc(OC)cc2)cc1.[Ru]. The molecule has 0 unspecified atom stereocenters. The van der Waals surface area contributed by atoms with Crippen LogP contribution in [0.5, 0.6) is 17.2 Å². The van der Waals surface area contributed by atoms with Crippen molar-refractivity contribution >= 4 is 43.7 Å². The van der Waals surface area contributed by atoms with Gasteiger partial charge >= 0.3 is 169 Å². The summed E-state index contributed by atoms with van der Waals surface area (Å²) in [4.78, 5) is 0. The molecule has 0 aliphatic carbocycles. The van der Waals surface area contributed by atoms with E-state index in [0.717, 1.165) is 33.2 Å². The van der Waals surface area contributed by atoms with E-state index in [9.17, 15) is 0 Å². The van der Waals surface area contributed by atoms with Crippen LogP contribution in [0.3, 0.4) is 0 Å². The van der Waals surface area contributed by atoms with Gasteiger partial charge in [-0.3, -0.25) is 0 Å². The summed E-state index contributed by atoms with van der Waals surface area (Å²) in [5.41, 5.74) is 0. The van der Waals surface area contributed by atoms with Crippen molar-refractivity contribution in [3.63, 3.8) is 0 Å². The smallest absolute Gasteiger partial charge is 0 e. The normalized spacial score (nSPS) is 12.2. The maximum absolute atomic E-state index is 7.43. The van der Waals surface area contributed by atoms with Gasteiger partial charge < -0.3 is 0 Å². The third-order valence-corrected chi connectivity index (χ3v) is 11.7. The second-order valence-corrected chi connectivity index (χ2v) is 13.9. The molecule has 0 atom stereocenters. The van der Waals surface area contributed by atoms with E-state index in [0.29, 0.717) is 0 Å². The minimum absolute atomic E-state index is 0. The number of ether oxygens (including phenoxy) is 3. The van der Waals surface area contributed by atoms with Crippen LogP contribution in [-0.2, 0) is 19.5 Å². The first kappa shape index (κ1) is 23.0. The van der Waals surface area contributed by atoms with Crippen LogP contribution < -0.4 is 30.1 Å². The summed E-state index contributed by atoms with van der Waals surface area (Å²) < 4.78 is 15.8. The molecule has 0 bridgehead atoms. The zero-order valence-electron chi connectivity index (χ0n) is 15.7. The van der Waals surface area contributed by atoms with Gasteiger partial charge in [0.2, 0.25) is 0 Å². The average molecular weight is 524 g/mol. The maximum Gasteiger partial charge on any atom is 0 e. The fraction of sp³-hybridized carbons (Fsp3) is 0.143. The largest absolute Gasteiger partial charge is 0 e. The number of benzene rings is 3. The average Bonchev–Trinajstić information content (AvgIpc) is 2.74. The number of halogens is 2. The Morgan fingerprint density at radius 1 is 0.500 bits per heavy atom. The molecule has 0 aliphatic heterocycles. The van der Waals surface area contributed by atoms with Crippen LogP contribution in [-0.4, -0.2) is 21.3 Å². The topological polar surface area (TPSA) is 27.7 Å². The fourth-order valence-electron chi connectivity index (χ4n) is 2.98. The summed E-state index contributed by atoms with van der Waals surface area (Å²) in [7, 11) is 4.88. The third-order valence-electron chi connectivity index (χ3n) is 4.58. The predicted molar refractivity (Wildman–Crippen MR) is 117 cm³/mol. The van der Waals surface area contributed by atoms with Gasteiger partial charge in [-0.25, -0.2) is 0 Å². The fourth-order valence-corrected chi connectivity index (χ4v) is 7.92. The van der Waals surface area contributed by atoms with E-state index < -0.39 is 5.31 Å². The van der Waals surface area contributed by atoms with E-state index in [1.807, 2.05) is 72.8 Å². The second kappa shape index (κ2) is 9.01. The third kappa shape index (κ3) is 4.02. The first-order valence-corrected chi connectivity index (χ1v) is 12.4. The Kier molecular flexibility index (Phi) is 7.40. The monoisotopic (exact) mass is 524 g/mol. The molecule has 0 saturated heterocycles. The zero-order chi connectivity index (χ0) is 19.5. The molecule has 150 valence electrons. The van der Waals surface area contributed by atoms with Crippen molar-refractivity contribution in [1.29, 1.82) is 0 Å².